The van der Waals surface area contributed by atoms with Crippen molar-refractivity contribution in [2.75, 3.05) is 12.4 Å². The molecule has 0 amide bonds. The second kappa shape index (κ2) is 5.83. The Kier molecular flexibility index (Phi) is 4.36. The number of hydrogen-bond acceptors (Lipinski definition) is 4. The number of halogens is 3. The highest BCUT2D eigenvalue weighted by Crippen LogP contribution is 2.27. The lowest BCUT2D eigenvalue weighted by Gasteiger charge is -2.10. The SMILES string of the molecule is COc1nc(Nc2cc(F)c(Br)cc2C)ncc1Br. The largest absolute Gasteiger partial charge is 0.480 e. The Labute approximate surface area is 126 Å². The van der Waals surface area contributed by atoms with Crippen molar-refractivity contribution in [2.24, 2.45) is 0 Å². The summed E-state index contributed by atoms with van der Waals surface area (Å²) in [7, 11) is 1.52. The van der Waals surface area contributed by atoms with Crippen LogP contribution in [0.4, 0.5) is 16.0 Å². The molecule has 0 aliphatic rings. The predicted octanol–water partition coefficient (Wildman–Crippen LogP) is 4.20. The third-order valence-corrected chi connectivity index (χ3v) is 3.57. The van der Waals surface area contributed by atoms with Gasteiger partial charge in [-0.05, 0) is 56.5 Å². The first kappa shape index (κ1) is 14.2. The number of anilines is 2. The number of aromatic nitrogens is 2. The van der Waals surface area contributed by atoms with Crippen LogP contribution in [-0.2, 0) is 0 Å². The van der Waals surface area contributed by atoms with Crippen LogP contribution in [-0.4, -0.2) is 17.1 Å². The lowest BCUT2D eigenvalue weighted by molar-refractivity contribution is 0.394. The van der Waals surface area contributed by atoms with Crippen molar-refractivity contribution in [3.63, 3.8) is 0 Å². The second-order valence-electron chi connectivity index (χ2n) is 3.76. The summed E-state index contributed by atoms with van der Waals surface area (Å²) >= 11 is 6.41. The molecule has 0 aliphatic carbocycles. The normalized spacial score (nSPS) is 10.4. The molecule has 1 aromatic carbocycles. The van der Waals surface area contributed by atoms with Gasteiger partial charge in [0.1, 0.15) is 5.82 Å². The van der Waals surface area contributed by atoms with Gasteiger partial charge in [0.25, 0.3) is 0 Å². The van der Waals surface area contributed by atoms with E-state index in [1.807, 2.05) is 6.92 Å². The third kappa shape index (κ3) is 3.22. The van der Waals surface area contributed by atoms with Gasteiger partial charge in [0, 0.05) is 5.69 Å². The summed E-state index contributed by atoms with van der Waals surface area (Å²) in [6, 6.07) is 3.07. The number of rotatable bonds is 3. The number of benzene rings is 1. The molecule has 7 heteroatoms. The Balaban J connectivity index is 2.33. The maximum Gasteiger partial charge on any atom is 0.232 e. The average molecular weight is 391 g/mol. The van der Waals surface area contributed by atoms with Crippen molar-refractivity contribution in [1.82, 2.24) is 9.97 Å². The quantitative estimate of drug-likeness (QED) is 0.852. The van der Waals surface area contributed by atoms with Crippen LogP contribution >= 0.6 is 31.9 Å². The number of ether oxygens (including phenoxy) is 1. The Hall–Kier alpha value is -1.21. The molecule has 1 heterocycles. The Bertz CT molecular complexity index is 622. The molecular formula is C12H10Br2FN3O. The van der Waals surface area contributed by atoms with E-state index in [0.717, 1.165) is 5.56 Å². The fourth-order valence-electron chi connectivity index (χ4n) is 1.46. The van der Waals surface area contributed by atoms with Crippen LogP contribution in [0.3, 0.4) is 0 Å². The summed E-state index contributed by atoms with van der Waals surface area (Å²) < 4.78 is 19.7. The van der Waals surface area contributed by atoms with Gasteiger partial charge in [-0.3, -0.25) is 0 Å². The van der Waals surface area contributed by atoms with Gasteiger partial charge in [-0.15, -0.1) is 0 Å². The average Bonchev–Trinajstić information content (AvgIpc) is 2.38. The maximum absolute atomic E-state index is 13.5. The van der Waals surface area contributed by atoms with Crippen molar-refractivity contribution in [3.05, 3.63) is 38.7 Å². The second-order valence-corrected chi connectivity index (χ2v) is 5.47. The third-order valence-electron chi connectivity index (χ3n) is 2.42. The molecule has 4 nitrogen and oxygen atoms in total. The lowest BCUT2D eigenvalue weighted by Crippen LogP contribution is -2.01. The van der Waals surface area contributed by atoms with Gasteiger partial charge >= 0.3 is 0 Å². The molecule has 0 radical (unpaired) electrons. The molecule has 2 aromatic rings. The van der Waals surface area contributed by atoms with Gasteiger partial charge in [-0.1, -0.05) is 0 Å². The standard InChI is InChI=1S/C12H10Br2FN3O/c1-6-3-7(13)9(15)4-10(6)17-12-16-5-8(14)11(18-12)19-2/h3-5H,1-2H3,(H,16,17,18). The first-order valence-corrected chi connectivity index (χ1v) is 6.89. The lowest BCUT2D eigenvalue weighted by atomic mass is 10.2. The Morgan fingerprint density at radius 2 is 2.00 bits per heavy atom. The van der Waals surface area contributed by atoms with E-state index in [0.29, 0.717) is 26.5 Å². The van der Waals surface area contributed by atoms with Crippen LogP contribution in [0, 0.1) is 12.7 Å². The van der Waals surface area contributed by atoms with Crippen LogP contribution in [0.15, 0.2) is 27.3 Å². The van der Waals surface area contributed by atoms with Crippen LogP contribution in [0.2, 0.25) is 0 Å². The van der Waals surface area contributed by atoms with Gasteiger partial charge in [0.05, 0.1) is 22.3 Å². The van der Waals surface area contributed by atoms with Gasteiger partial charge in [-0.25, -0.2) is 9.37 Å². The van der Waals surface area contributed by atoms with E-state index in [4.69, 9.17) is 4.74 Å². The van der Waals surface area contributed by atoms with E-state index in [1.165, 1.54) is 13.2 Å². The summed E-state index contributed by atoms with van der Waals surface area (Å²) in [5.74, 6) is 0.398. The van der Waals surface area contributed by atoms with Crippen LogP contribution in [0.5, 0.6) is 5.88 Å². The van der Waals surface area contributed by atoms with Gasteiger partial charge in [-0.2, -0.15) is 4.98 Å². The zero-order valence-corrected chi connectivity index (χ0v) is 13.3. The molecule has 2 rings (SSSR count). The first-order valence-electron chi connectivity index (χ1n) is 5.30. The topological polar surface area (TPSA) is 47.0 Å². The smallest absolute Gasteiger partial charge is 0.232 e. The number of aryl methyl sites for hydroxylation is 1. The highest BCUT2D eigenvalue weighted by Gasteiger charge is 2.09. The highest BCUT2D eigenvalue weighted by molar-refractivity contribution is 9.10. The van der Waals surface area contributed by atoms with E-state index in [2.05, 4.69) is 47.1 Å². The van der Waals surface area contributed by atoms with Crippen molar-refractivity contribution >= 4 is 43.5 Å². The van der Waals surface area contributed by atoms with Crippen molar-refractivity contribution < 1.29 is 9.13 Å². The minimum atomic E-state index is -0.350. The van der Waals surface area contributed by atoms with Gasteiger partial charge in [0.2, 0.25) is 11.8 Å². The maximum atomic E-state index is 13.5. The molecule has 19 heavy (non-hydrogen) atoms. The molecule has 0 fully saturated rings. The molecule has 0 unspecified atom stereocenters. The molecule has 0 saturated carbocycles. The first-order chi connectivity index (χ1) is 9.01. The summed E-state index contributed by atoms with van der Waals surface area (Å²) in [5.41, 5.74) is 1.48. The number of methoxy groups -OCH3 is 1. The molecule has 0 aliphatic heterocycles. The molecular weight excluding hydrogens is 381 g/mol. The van der Waals surface area contributed by atoms with Gasteiger partial charge < -0.3 is 10.1 Å². The molecule has 0 spiro atoms. The van der Waals surface area contributed by atoms with E-state index < -0.39 is 0 Å². The molecule has 0 bridgehead atoms. The molecule has 0 atom stereocenters. The molecule has 100 valence electrons. The predicted molar refractivity (Wildman–Crippen MR) is 78.4 cm³/mol. The summed E-state index contributed by atoms with van der Waals surface area (Å²) in [6.45, 7) is 1.86. The number of nitrogens with one attached hydrogen (secondary N) is 1. The van der Waals surface area contributed by atoms with E-state index in [-0.39, 0.29) is 5.82 Å². The van der Waals surface area contributed by atoms with E-state index >= 15 is 0 Å². The van der Waals surface area contributed by atoms with E-state index in [9.17, 15) is 4.39 Å². The molecule has 0 saturated heterocycles. The minimum absolute atomic E-state index is 0.338. The van der Waals surface area contributed by atoms with Crippen molar-refractivity contribution in [2.45, 2.75) is 6.92 Å². The fourth-order valence-corrected chi connectivity index (χ4v) is 2.27. The fraction of sp³-hybridized carbons (Fsp3) is 0.167. The Morgan fingerprint density at radius 1 is 1.26 bits per heavy atom. The zero-order valence-electron chi connectivity index (χ0n) is 10.2. The number of nitrogens with zero attached hydrogens (tertiary/aromatic N) is 2. The van der Waals surface area contributed by atoms with E-state index in [1.54, 1.807) is 12.3 Å². The van der Waals surface area contributed by atoms with Crippen LogP contribution < -0.4 is 10.1 Å². The molecule has 1 aromatic heterocycles. The van der Waals surface area contributed by atoms with Crippen molar-refractivity contribution in [3.8, 4) is 5.88 Å². The summed E-state index contributed by atoms with van der Waals surface area (Å²) in [6.07, 6.45) is 1.57. The van der Waals surface area contributed by atoms with Crippen LogP contribution in [0.25, 0.3) is 0 Å². The monoisotopic (exact) mass is 389 g/mol. The van der Waals surface area contributed by atoms with Gasteiger partial charge in [0.15, 0.2) is 0 Å². The Morgan fingerprint density at radius 3 is 2.68 bits per heavy atom. The van der Waals surface area contributed by atoms with Crippen molar-refractivity contribution in [1.29, 1.82) is 0 Å². The van der Waals surface area contributed by atoms with Crippen LogP contribution in [0.1, 0.15) is 5.56 Å². The molecule has 1 N–H and O–H groups in total. The summed E-state index contributed by atoms with van der Waals surface area (Å²) in [5, 5.41) is 2.96. The highest BCUT2D eigenvalue weighted by atomic mass is 79.9. The minimum Gasteiger partial charge on any atom is -0.480 e. The number of hydrogen-bond donors (Lipinski definition) is 1. The summed E-state index contributed by atoms with van der Waals surface area (Å²) in [4.78, 5) is 8.25. The zero-order chi connectivity index (χ0) is 14.0.